The fourth-order valence-electron chi connectivity index (χ4n) is 10.0. The van der Waals surface area contributed by atoms with Crippen LogP contribution < -0.4 is 14.5 Å². The van der Waals surface area contributed by atoms with Gasteiger partial charge in [0.2, 0.25) is 0 Å². The molecule has 0 radical (unpaired) electrons. The first-order valence-corrected chi connectivity index (χ1v) is 24.1. The van der Waals surface area contributed by atoms with Gasteiger partial charge in [-0.05, 0) is 86.3 Å². The van der Waals surface area contributed by atoms with Crippen LogP contribution in [0, 0.1) is 18.8 Å². The van der Waals surface area contributed by atoms with E-state index in [1.165, 1.54) is 22.3 Å². The molecule has 2 aromatic heterocycles. The van der Waals surface area contributed by atoms with Crippen LogP contribution in [0.15, 0.2) is 188 Å². The van der Waals surface area contributed by atoms with Gasteiger partial charge in [-0.25, -0.2) is 4.98 Å². The Morgan fingerprint density at radius 1 is 0.543 bits per heavy atom. The van der Waals surface area contributed by atoms with Crippen molar-refractivity contribution >= 4 is 44.6 Å². The molecule has 10 aromatic rings. The summed E-state index contributed by atoms with van der Waals surface area (Å²) in [4.78, 5) is 9.55. The van der Waals surface area contributed by atoms with Gasteiger partial charge < -0.3 is 19.1 Å². The first-order chi connectivity index (χ1) is 33.5. The Morgan fingerprint density at radius 2 is 1.14 bits per heavy atom. The molecule has 1 aliphatic rings. The van der Waals surface area contributed by atoms with E-state index >= 15 is 0 Å². The third-order valence-electron chi connectivity index (χ3n) is 13.4. The Hall–Kier alpha value is -7.20. The molecule has 0 saturated heterocycles. The number of benzene rings is 8. The van der Waals surface area contributed by atoms with Gasteiger partial charge in [0.1, 0.15) is 5.82 Å². The molecule has 0 amide bonds. The van der Waals surface area contributed by atoms with E-state index in [0.717, 1.165) is 78.2 Å². The molecule has 0 saturated carbocycles. The molecule has 5 nitrogen and oxygen atoms in total. The number of hydrogen-bond donors (Lipinski definition) is 0. The maximum atomic E-state index is 7.07. The Bertz CT molecular complexity index is 3430. The zero-order chi connectivity index (χ0) is 47.4. The van der Waals surface area contributed by atoms with Crippen LogP contribution >= 0.6 is 0 Å². The van der Waals surface area contributed by atoms with Crippen molar-refractivity contribution in [2.45, 2.75) is 65.7 Å². The number of ether oxygens (including phenoxy) is 1. The van der Waals surface area contributed by atoms with Crippen molar-refractivity contribution in [2.75, 3.05) is 9.80 Å². The molecule has 6 heteroatoms. The number of anilines is 4. The summed E-state index contributed by atoms with van der Waals surface area (Å²) in [6.45, 7) is 18.1. The van der Waals surface area contributed by atoms with Crippen molar-refractivity contribution in [1.82, 2.24) is 9.55 Å². The summed E-state index contributed by atoms with van der Waals surface area (Å²) >= 11 is 0. The van der Waals surface area contributed by atoms with Gasteiger partial charge in [-0.15, -0.1) is 53.6 Å². The first kappa shape index (κ1) is 46.5. The van der Waals surface area contributed by atoms with E-state index in [2.05, 4.69) is 258 Å². The molecule has 11 rings (SSSR count). The SMILES string of the molecule is CC(C)c1cccc(C(C)C)c1-c1cc(Oc2[c-]c3c(cc2)c2ccccc2n3-c2cc(C(C)(C)C)ccn2)[c-]c(N2[CH-]N(c3c(-c4ccccc4)cccc3-c3ccccc3)c3ccccc32)c1.[Pt]. The molecule has 1 aliphatic heterocycles. The molecule has 3 heterocycles. The summed E-state index contributed by atoms with van der Waals surface area (Å²) in [6.07, 6.45) is 1.91. The van der Waals surface area contributed by atoms with Gasteiger partial charge in [-0.3, -0.25) is 0 Å². The molecule has 0 unspecified atom stereocenters. The quantitative estimate of drug-likeness (QED) is 0.128. The largest absolute Gasteiger partial charge is 0.509 e. The van der Waals surface area contributed by atoms with Gasteiger partial charge in [-0.1, -0.05) is 181 Å². The number of aromatic nitrogens is 2. The minimum Gasteiger partial charge on any atom is -0.509 e. The topological polar surface area (TPSA) is 33.5 Å². The van der Waals surface area contributed by atoms with Crippen LogP contribution in [0.3, 0.4) is 0 Å². The van der Waals surface area contributed by atoms with Crippen molar-refractivity contribution in [2.24, 2.45) is 0 Å². The Kier molecular flexibility index (Phi) is 12.6. The molecule has 0 spiro atoms. The Labute approximate surface area is 427 Å². The van der Waals surface area contributed by atoms with Gasteiger partial charge in [-0.2, -0.15) is 6.07 Å². The number of hydrogen-bond acceptors (Lipinski definition) is 4. The predicted octanol–water partition coefficient (Wildman–Crippen LogP) is 17.5. The summed E-state index contributed by atoms with van der Waals surface area (Å²) in [5, 5.41) is 2.22. The minimum absolute atomic E-state index is 0. The monoisotopic (exact) mass is 1090 g/mol. The van der Waals surface area contributed by atoms with Crippen LogP contribution in [0.1, 0.15) is 77.0 Å². The first-order valence-electron chi connectivity index (χ1n) is 24.1. The third kappa shape index (κ3) is 8.51. The molecule has 0 N–H and O–H groups in total. The second-order valence-corrected chi connectivity index (χ2v) is 19.7. The van der Waals surface area contributed by atoms with Gasteiger partial charge in [0, 0.05) is 72.5 Å². The fraction of sp³-hybridized carbons (Fsp3) is 0.156. The van der Waals surface area contributed by atoms with E-state index in [-0.39, 0.29) is 26.5 Å². The van der Waals surface area contributed by atoms with Gasteiger partial charge in [0.05, 0.1) is 0 Å². The number of para-hydroxylation sites is 4. The molecule has 0 bridgehead atoms. The van der Waals surface area contributed by atoms with E-state index in [0.29, 0.717) is 23.3 Å². The second-order valence-electron chi connectivity index (χ2n) is 19.7. The van der Waals surface area contributed by atoms with E-state index in [4.69, 9.17) is 9.72 Å². The molecule has 70 heavy (non-hydrogen) atoms. The number of fused-ring (bicyclic) bond motifs is 4. The van der Waals surface area contributed by atoms with E-state index in [1.807, 2.05) is 12.3 Å². The molecular formula is C64H55N4OPt-3. The number of nitrogens with zero attached hydrogens (tertiary/aromatic N) is 4. The molecule has 8 aromatic carbocycles. The van der Waals surface area contributed by atoms with Crippen molar-refractivity contribution in [3.63, 3.8) is 0 Å². The predicted molar refractivity (Wildman–Crippen MR) is 287 cm³/mol. The Morgan fingerprint density at radius 3 is 1.79 bits per heavy atom. The molecule has 0 fully saturated rings. The van der Waals surface area contributed by atoms with E-state index in [9.17, 15) is 0 Å². The standard InChI is InChI=1S/C64H55N4O.Pt/c1-42(2)51-25-18-26-52(43(3)4)62(51)46-36-48(39-50(37-46)69-49-32-33-56-55-24-14-15-29-57(55)68(60(56)40-49)61-38-47(34-35-65-61)64(5,6)7)66-41-67(59-31-17-16-30-58(59)66)63-53(44-20-10-8-11-21-44)27-19-28-54(63)45-22-12-9-13-23-45;/h8-38,41-43H,1-7H3;/q-3;. The molecule has 350 valence electrons. The number of pyridine rings is 1. The van der Waals surface area contributed by atoms with Crippen LogP contribution in [-0.2, 0) is 26.5 Å². The summed E-state index contributed by atoms with van der Waals surface area (Å²) in [5.41, 5.74) is 16.7. The maximum absolute atomic E-state index is 7.07. The van der Waals surface area contributed by atoms with Crippen LogP contribution in [-0.4, -0.2) is 9.55 Å². The summed E-state index contributed by atoms with van der Waals surface area (Å²) < 4.78 is 9.28. The van der Waals surface area contributed by atoms with Crippen molar-refractivity contribution in [1.29, 1.82) is 0 Å². The van der Waals surface area contributed by atoms with Gasteiger partial charge in [0.15, 0.2) is 0 Å². The van der Waals surface area contributed by atoms with Crippen LogP contribution in [0.25, 0.3) is 61.0 Å². The van der Waals surface area contributed by atoms with E-state index < -0.39 is 0 Å². The maximum Gasteiger partial charge on any atom is 0.135 e. The normalized spacial score (nSPS) is 12.5. The van der Waals surface area contributed by atoms with Crippen molar-refractivity contribution in [3.05, 3.63) is 224 Å². The zero-order valence-corrected chi connectivity index (χ0v) is 42.9. The Balaban J connectivity index is 0.00000567. The fourth-order valence-corrected chi connectivity index (χ4v) is 10.0. The van der Waals surface area contributed by atoms with Crippen LogP contribution in [0.5, 0.6) is 11.5 Å². The van der Waals surface area contributed by atoms with Crippen molar-refractivity contribution in [3.8, 4) is 50.7 Å². The second kappa shape index (κ2) is 18.9. The summed E-state index contributed by atoms with van der Waals surface area (Å²) in [5.74, 6) is 2.62. The number of rotatable bonds is 10. The van der Waals surface area contributed by atoms with Gasteiger partial charge >= 0.3 is 0 Å². The molecular weight excluding hydrogens is 1040 g/mol. The zero-order valence-electron chi connectivity index (χ0n) is 40.6. The van der Waals surface area contributed by atoms with Gasteiger partial charge in [0.25, 0.3) is 0 Å². The van der Waals surface area contributed by atoms with Crippen LogP contribution in [0.4, 0.5) is 22.7 Å². The summed E-state index contributed by atoms with van der Waals surface area (Å²) in [7, 11) is 0. The average molecular weight is 1090 g/mol. The molecule has 0 aliphatic carbocycles. The average Bonchev–Trinajstić information content (AvgIpc) is 3.92. The smallest absolute Gasteiger partial charge is 0.135 e. The molecule has 0 atom stereocenters. The minimum atomic E-state index is -0.0452. The van der Waals surface area contributed by atoms with Crippen molar-refractivity contribution < 1.29 is 25.8 Å². The summed E-state index contributed by atoms with van der Waals surface area (Å²) in [6, 6.07) is 72.4. The van der Waals surface area contributed by atoms with Crippen LogP contribution in [0.2, 0.25) is 0 Å². The van der Waals surface area contributed by atoms with E-state index in [1.54, 1.807) is 0 Å². The third-order valence-corrected chi connectivity index (χ3v) is 13.4.